The van der Waals surface area contributed by atoms with Crippen LogP contribution < -0.4 is 0 Å². The van der Waals surface area contributed by atoms with Gasteiger partial charge in [-0.05, 0) is 13.0 Å². The second-order valence-corrected chi connectivity index (χ2v) is 6.53. The molecule has 19 heavy (non-hydrogen) atoms. The van der Waals surface area contributed by atoms with Gasteiger partial charge >= 0.3 is 5.88 Å². The molecule has 104 valence electrons. The molecule has 2 heterocycles. The van der Waals surface area contributed by atoms with E-state index in [9.17, 15) is 18.5 Å². The first kappa shape index (κ1) is 13.5. The number of furan rings is 1. The van der Waals surface area contributed by atoms with Crippen LogP contribution in [-0.2, 0) is 9.84 Å². The first-order valence-electron chi connectivity index (χ1n) is 5.63. The van der Waals surface area contributed by atoms with Gasteiger partial charge in [0.05, 0.1) is 36.4 Å². The van der Waals surface area contributed by atoms with Gasteiger partial charge in [0.25, 0.3) is 0 Å². The van der Waals surface area contributed by atoms with Crippen LogP contribution in [0.4, 0.5) is 5.88 Å². The summed E-state index contributed by atoms with van der Waals surface area (Å²) in [5, 5.41) is 16.2. The summed E-state index contributed by atoms with van der Waals surface area (Å²) in [5.41, 5.74) is 0. The van der Waals surface area contributed by atoms with Crippen molar-refractivity contribution in [3.63, 3.8) is 0 Å². The standard InChI is InChI=1S/C10H13N3O5S/c1-8-7-19(16,17)5-4-12(8)11-6-9-2-3-10(18-9)13(14)15/h2-3,6,8H,4-5,7H2,1H3/b11-6+/t8-/m0/s1. The van der Waals surface area contributed by atoms with E-state index in [0.29, 0.717) is 6.54 Å². The molecule has 1 aliphatic heterocycles. The number of nitro groups is 1. The quantitative estimate of drug-likeness (QED) is 0.459. The Bertz CT molecular complexity index is 606. The highest BCUT2D eigenvalue weighted by Crippen LogP contribution is 2.15. The molecule has 1 aromatic rings. The number of sulfone groups is 1. The van der Waals surface area contributed by atoms with E-state index in [4.69, 9.17) is 4.42 Å². The number of hydrogen-bond donors (Lipinski definition) is 0. The van der Waals surface area contributed by atoms with Crippen LogP contribution in [0.5, 0.6) is 0 Å². The zero-order chi connectivity index (χ0) is 14.0. The van der Waals surface area contributed by atoms with Crippen LogP contribution in [0, 0.1) is 10.1 Å². The van der Waals surface area contributed by atoms with Crippen molar-refractivity contribution in [1.82, 2.24) is 5.01 Å². The molecule has 0 radical (unpaired) electrons. The maximum absolute atomic E-state index is 11.4. The van der Waals surface area contributed by atoms with Gasteiger partial charge in [-0.15, -0.1) is 0 Å². The van der Waals surface area contributed by atoms with Crippen LogP contribution in [0.2, 0.25) is 0 Å². The molecular formula is C10H13N3O5S. The SMILES string of the molecule is C[C@H]1CS(=O)(=O)CCN1/N=C/c1ccc([N+](=O)[O-])o1. The first-order chi connectivity index (χ1) is 8.87. The summed E-state index contributed by atoms with van der Waals surface area (Å²) < 4.78 is 27.7. The Labute approximate surface area is 109 Å². The van der Waals surface area contributed by atoms with Crippen LogP contribution in [0.1, 0.15) is 12.7 Å². The molecule has 9 heteroatoms. The van der Waals surface area contributed by atoms with Crippen molar-refractivity contribution in [1.29, 1.82) is 0 Å². The molecule has 0 N–H and O–H groups in total. The third kappa shape index (κ3) is 3.31. The predicted octanol–water partition coefficient (Wildman–Crippen LogP) is 0.641. The van der Waals surface area contributed by atoms with Crippen LogP contribution in [0.25, 0.3) is 0 Å². The van der Waals surface area contributed by atoms with Crippen molar-refractivity contribution in [2.45, 2.75) is 13.0 Å². The van der Waals surface area contributed by atoms with E-state index in [1.807, 2.05) is 0 Å². The average molecular weight is 287 g/mol. The Morgan fingerprint density at radius 3 is 2.89 bits per heavy atom. The smallest absolute Gasteiger partial charge is 0.400 e. The molecule has 0 aliphatic carbocycles. The lowest BCUT2D eigenvalue weighted by Crippen LogP contribution is -2.43. The molecule has 0 spiro atoms. The van der Waals surface area contributed by atoms with Crippen LogP contribution in [0.15, 0.2) is 21.7 Å². The molecular weight excluding hydrogens is 274 g/mol. The Balaban J connectivity index is 2.04. The maximum atomic E-state index is 11.4. The van der Waals surface area contributed by atoms with E-state index in [2.05, 4.69) is 5.10 Å². The molecule has 1 aliphatic rings. The molecule has 0 aromatic carbocycles. The Hall–Kier alpha value is -1.90. The van der Waals surface area contributed by atoms with E-state index in [0.717, 1.165) is 0 Å². The third-order valence-electron chi connectivity index (χ3n) is 2.76. The summed E-state index contributed by atoms with van der Waals surface area (Å²) in [6.45, 7) is 2.07. The lowest BCUT2D eigenvalue weighted by atomic mass is 10.4. The molecule has 1 aromatic heterocycles. The van der Waals surface area contributed by atoms with Crippen molar-refractivity contribution >= 4 is 21.9 Å². The van der Waals surface area contributed by atoms with Gasteiger partial charge < -0.3 is 4.42 Å². The second kappa shape index (κ2) is 5.00. The van der Waals surface area contributed by atoms with E-state index >= 15 is 0 Å². The Morgan fingerprint density at radius 1 is 1.58 bits per heavy atom. The van der Waals surface area contributed by atoms with Gasteiger partial charge in [0, 0.05) is 0 Å². The van der Waals surface area contributed by atoms with Crippen molar-refractivity contribution in [3.8, 4) is 0 Å². The zero-order valence-electron chi connectivity index (χ0n) is 10.2. The number of nitrogens with zero attached hydrogens (tertiary/aromatic N) is 3. The molecule has 0 unspecified atom stereocenters. The van der Waals surface area contributed by atoms with Crippen LogP contribution in [0.3, 0.4) is 0 Å². The lowest BCUT2D eigenvalue weighted by Gasteiger charge is -2.30. The monoisotopic (exact) mass is 287 g/mol. The third-order valence-corrected chi connectivity index (χ3v) is 4.56. The molecule has 2 rings (SSSR count). The Morgan fingerprint density at radius 2 is 2.32 bits per heavy atom. The topological polar surface area (TPSA) is 106 Å². The highest BCUT2D eigenvalue weighted by molar-refractivity contribution is 7.91. The average Bonchev–Trinajstić information content (AvgIpc) is 2.75. The zero-order valence-corrected chi connectivity index (χ0v) is 11.0. The summed E-state index contributed by atoms with van der Waals surface area (Å²) in [6, 6.07) is 2.46. The first-order valence-corrected chi connectivity index (χ1v) is 7.45. The normalized spacial score (nSPS) is 22.8. The van der Waals surface area contributed by atoms with E-state index in [1.165, 1.54) is 18.3 Å². The second-order valence-electron chi connectivity index (χ2n) is 4.30. The van der Waals surface area contributed by atoms with E-state index in [-0.39, 0.29) is 29.2 Å². The largest absolute Gasteiger partial charge is 0.433 e. The van der Waals surface area contributed by atoms with Gasteiger partial charge in [-0.3, -0.25) is 15.1 Å². The summed E-state index contributed by atoms with van der Waals surface area (Å²) in [7, 11) is -2.98. The molecule has 1 atom stereocenters. The molecule has 1 fully saturated rings. The highest BCUT2D eigenvalue weighted by Gasteiger charge is 2.27. The van der Waals surface area contributed by atoms with Crippen LogP contribution >= 0.6 is 0 Å². The van der Waals surface area contributed by atoms with Gasteiger partial charge in [-0.2, -0.15) is 5.10 Å². The minimum atomic E-state index is -2.98. The fourth-order valence-electron chi connectivity index (χ4n) is 1.80. The molecule has 0 saturated carbocycles. The van der Waals surface area contributed by atoms with E-state index in [1.54, 1.807) is 11.9 Å². The minimum absolute atomic E-state index is 0.0582. The molecule has 0 bridgehead atoms. The van der Waals surface area contributed by atoms with Crippen molar-refractivity contribution in [2.24, 2.45) is 5.10 Å². The van der Waals surface area contributed by atoms with Gasteiger partial charge in [0.2, 0.25) is 0 Å². The fraction of sp³-hybridized carbons (Fsp3) is 0.500. The molecule has 8 nitrogen and oxygen atoms in total. The van der Waals surface area contributed by atoms with Crippen LogP contribution in [-0.4, -0.2) is 48.7 Å². The van der Waals surface area contributed by atoms with Gasteiger partial charge in [-0.1, -0.05) is 0 Å². The fourth-order valence-corrected chi connectivity index (χ4v) is 3.34. The number of rotatable bonds is 3. The summed E-state index contributed by atoms with van der Waals surface area (Å²) in [5.74, 6) is 0.0263. The minimum Gasteiger partial charge on any atom is -0.400 e. The molecule has 0 amide bonds. The summed E-state index contributed by atoms with van der Waals surface area (Å²) in [4.78, 5) is 9.80. The Kier molecular flexibility index (Phi) is 3.56. The maximum Gasteiger partial charge on any atom is 0.433 e. The summed E-state index contributed by atoms with van der Waals surface area (Å²) in [6.07, 6.45) is 1.35. The number of hydrazone groups is 1. The van der Waals surface area contributed by atoms with Gasteiger partial charge in [-0.25, -0.2) is 8.42 Å². The van der Waals surface area contributed by atoms with Crippen molar-refractivity contribution in [2.75, 3.05) is 18.1 Å². The number of hydrogen-bond acceptors (Lipinski definition) is 7. The van der Waals surface area contributed by atoms with Crippen molar-refractivity contribution in [3.05, 3.63) is 28.0 Å². The summed E-state index contributed by atoms with van der Waals surface area (Å²) >= 11 is 0. The van der Waals surface area contributed by atoms with Gasteiger partial charge in [0.1, 0.15) is 4.92 Å². The predicted molar refractivity (Wildman–Crippen MR) is 67.8 cm³/mol. The van der Waals surface area contributed by atoms with Gasteiger partial charge in [0.15, 0.2) is 15.6 Å². The molecule has 1 saturated heterocycles. The highest BCUT2D eigenvalue weighted by atomic mass is 32.2. The van der Waals surface area contributed by atoms with Crippen molar-refractivity contribution < 1.29 is 17.8 Å². The van der Waals surface area contributed by atoms with E-state index < -0.39 is 14.8 Å². The lowest BCUT2D eigenvalue weighted by molar-refractivity contribution is -0.402.